The topological polar surface area (TPSA) is 0 Å². The molecule has 1 rings (SSSR count). The van der Waals surface area contributed by atoms with E-state index < -0.39 is 0 Å². The van der Waals surface area contributed by atoms with Gasteiger partial charge in [-0.2, -0.15) is 0 Å². The van der Waals surface area contributed by atoms with E-state index in [2.05, 4.69) is 6.92 Å². The molecule has 0 aromatic rings. The minimum atomic E-state index is 1.06. The summed E-state index contributed by atoms with van der Waals surface area (Å²) in [5, 5.41) is 0. The second-order valence-electron chi connectivity index (χ2n) is 8.60. The van der Waals surface area contributed by atoms with Gasteiger partial charge in [0.15, 0.2) is 0 Å². The van der Waals surface area contributed by atoms with Crippen LogP contribution < -0.4 is 0 Å². The van der Waals surface area contributed by atoms with Crippen molar-refractivity contribution in [3.8, 4) is 0 Å². The molecular formula is C24H48. The van der Waals surface area contributed by atoms with Gasteiger partial charge in [-0.1, -0.05) is 148 Å². The molecule has 0 aromatic heterocycles. The second-order valence-corrected chi connectivity index (χ2v) is 8.60. The summed E-state index contributed by atoms with van der Waals surface area (Å²) in [5.41, 5.74) is 0. The van der Waals surface area contributed by atoms with Gasteiger partial charge in [-0.3, -0.25) is 0 Å². The second kappa shape index (κ2) is 17.8. The average Bonchev–Trinajstić information content (AvgIpc) is 2.60. The highest BCUT2D eigenvalue weighted by atomic mass is 14.1. The van der Waals surface area contributed by atoms with E-state index in [0.717, 1.165) is 5.92 Å². The van der Waals surface area contributed by atoms with Crippen molar-refractivity contribution in [2.45, 2.75) is 148 Å². The van der Waals surface area contributed by atoms with E-state index in [9.17, 15) is 0 Å². The molecule has 0 N–H and O–H groups in total. The fourth-order valence-corrected chi connectivity index (χ4v) is 4.46. The number of hydrogen-bond acceptors (Lipinski definition) is 0. The molecule has 0 aromatic carbocycles. The Hall–Kier alpha value is 0. The molecule has 144 valence electrons. The molecule has 1 aliphatic carbocycles. The lowest BCUT2D eigenvalue weighted by molar-refractivity contribution is 0.363. The van der Waals surface area contributed by atoms with Crippen LogP contribution in [0.1, 0.15) is 148 Å². The molecule has 24 heavy (non-hydrogen) atoms. The highest BCUT2D eigenvalue weighted by Gasteiger charge is 2.09. The van der Waals surface area contributed by atoms with Crippen LogP contribution in [0.4, 0.5) is 0 Å². The van der Waals surface area contributed by atoms with Gasteiger partial charge >= 0.3 is 0 Å². The van der Waals surface area contributed by atoms with Crippen molar-refractivity contribution in [1.82, 2.24) is 0 Å². The summed E-state index contributed by atoms with van der Waals surface area (Å²) in [6.45, 7) is 2.31. The van der Waals surface area contributed by atoms with Crippen LogP contribution in [-0.2, 0) is 0 Å². The van der Waals surface area contributed by atoms with Crippen molar-refractivity contribution in [2.24, 2.45) is 5.92 Å². The molecule has 1 saturated carbocycles. The van der Waals surface area contributed by atoms with Crippen LogP contribution in [0.25, 0.3) is 0 Å². The van der Waals surface area contributed by atoms with Gasteiger partial charge in [0.05, 0.1) is 0 Å². The molecule has 1 fully saturated rings. The first-order valence-corrected chi connectivity index (χ1v) is 11.9. The van der Waals surface area contributed by atoms with Crippen molar-refractivity contribution >= 4 is 0 Å². The fourth-order valence-electron chi connectivity index (χ4n) is 4.46. The van der Waals surface area contributed by atoms with Crippen LogP contribution in [0.2, 0.25) is 0 Å². The number of unbranched alkanes of at least 4 members (excludes halogenated alkanes) is 7. The molecule has 0 radical (unpaired) electrons. The Morgan fingerprint density at radius 1 is 0.458 bits per heavy atom. The van der Waals surface area contributed by atoms with Gasteiger partial charge < -0.3 is 0 Å². The molecule has 0 saturated heterocycles. The first-order valence-electron chi connectivity index (χ1n) is 11.9. The first kappa shape index (κ1) is 22.0. The Morgan fingerprint density at radius 2 is 0.833 bits per heavy atom. The van der Waals surface area contributed by atoms with Gasteiger partial charge in [0.2, 0.25) is 0 Å². The molecule has 0 atom stereocenters. The summed E-state index contributed by atoms with van der Waals surface area (Å²) in [6, 6.07) is 0. The molecule has 0 heteroatoms. The smallest absolute Gasteiger partial charge is 0.0414 e. The highest BCUT2D eigenvalue weighted by molar-refractivity contribution is 4.62. The minimum absolute atomic E-state index is 1.06. The van der Waals surface area contributed by atoms with E-state index in [0.29, 0.717) is 0 Å². The van der Waals surface area contributed by atoms with Gasteiger partial charge in [0.25, 0.3) is 0 Å². The maximum atomic E-state index is 2.31. The van der Waals surface area contributed by atoms with E-state index in [1.165, 1.54) is 141 Å². The third kappa shape index (κ3) is 14.4. The van der Waals surface area contributed by atoms with Crippen LogP contribution in [0.5, 0.6) is 0 Å². The number of rotatable bonds is 9. The molecule has 0 heterocycles. The summed E-state index contributed by atoms with van der Waals surface area (Å²) in [5.74, 6) is 1.06. The lowest BCUT2D eigenvalue weighted by Gasteiger charge is -2.17. The molecule has 0 spiro atoms. The normalized spacial score (nSPS) is 19.9. The van der Waals surface area contributed by atoms with Crippen LogP contribution in [0.3, 0.4) is 0 Å². The van der Waals surface area contributed by atoms with E-state index in [1.807, 2.05) is 0 Å². The van der Waals surface area contributed by atoms with E-state index in [-0.39, 0.29) is 0 Å². The van der Waals surface area contributed by atoms with Crippen LogP contribution in [-0.4, -0.2) is 0 Å². The predicted molar refractivity (Wildman–Crippen MR) is 111 cm³/mol. The molecule has 0 nitrogen and oxygen atoms in total. The third-order valence-corrected chi connectivity index (χ3v) is 6.19. The van der Waals surface area contributed by atoms with Gasteiger partial charge in [-0.15, -0.1) is 0 Å². The molecule has 0 amide bonds. The maximum Gasteiger partial charge on any atom is -0.0414 e. The molecule has 1 aliphatic rings. The zero-order valence-corrected chi connectivity index (χ0v) is 17.1. The third-order valence-electron chi connectivity index (χ3n) is 6.19. The summed E-state index contributed by atoms with van der Waals surface area (Å²) in [6.07, 6.45) is 33.0. The Morgan fingerprint density at radius 3 is 1.29 bits per heavy atom. The van der Waals surface area contributed by atoms with Gasteiger partial charge in [0, 0.05) is 0 Å². The Kier molecular flexibility index (Phi) is 16.4. The average molecular weight is 337 g/mol. The lowest BCUT2D eigenvalue weighted by Crippen LogP contribution is -2.02. The SMILES string of the molecule is CCCCCCCCCCC1CCCCCCCCCCCCC1. The monoisotopic (exact) mass is 336 g/mol. The predicted octanol–water partition coefficient (Wildman–Crippen LogP) is 9.22. The zero-order chi connectivity index (χ0) is 17.1. The number of hydrogen-bond donors (Lipinski definition) is 0. The quantitative estimate of drug-likeness (QED) is 0.368. The Bertz CT molecular complexity index is 218. The van der Waals surface area contributed by atoms with E-state index in [4.69, 9.17) is 0 Å². The molecule has 0 aliphatic heterocycles. The van der Waals surface area contributed by atoms with Crippen LogP contribution in [0, 0.1) is 5.92 Å². The largest absolute Gasteiger partial charge is 0.0654 e. The Balaban J connectivity index is 2.07. The summed E-state index contributed by atoms with van der Waals surface area (Å²) in [7, 11) is 0. The summed E-state index contributed by atoms with van der Waals surface area (Å²) >= 11 is 0. The van der Waals surface area contributed by atoms with Crippen LogP contribution >= 0.6 is 0 Å². The van der Waals surface area contributed by atoms with E-state index in [1.54, 1.807) is 0 Å². The molecule has 0 unspecified atom stereocenters. The van der Waals surface area contributed by atoms with Crippen molar-refractivity contribution in [3.63, 3.8) is 0 Å². The van der Waals surface area contributed by atoms with Crippen LogP contribution in [0.15, 0.2) is 0 Å². The van der Waals surface area contributed by atoms with Gasteiger partial charge in [-0.05, 0) is 5.92 Å². The first-order chi connectivity index (χ1) is 11.9. The standard InChI is InChI=1S/C24H48/c1-2-3-4-5-6-12-15-18-21-24-22-19-16-13-10-8-7-9-11-14-17-20-23-24/h24H,2-23H2,1H3. The van der Waals surface area contributed by atoms with Crippen molar-refractivity contribution in [1.29, 1.82) is 0 Å². The van der Waals surface area contributed by atoms with Crippen molar-refractivity contribution in [3.05, 3.63) is 0 Å². The summed E-state index contributed by atoms with van der Waals surface area (Å²) in [4.78, 5) is 0. The lowest BCUT2D eigenvalue weighted by atomic mass is 9.89. The molecular weight excluding hydrogens is 288 g/mol. The summed E-state index contributed by atoms with van der Waals surface area (Å²) < 4.78 is 0. The van der Waals surface area contributed by atoms with Crippen molar-refractivity contribution < 1.29 is 0 Å². The van der Waals surface area contributed by atoms with Gasteiger partial charge in [0.1, 0.15) is 0 Å². The maximum absolute atomic E-state index is 2.31. The van der Waals surface area contributed by atoms with Crippen molar-refractivity contribution in [2.75, 3.05) is 0 Å². The highest BCUT2D eigenvalue weighted by Crippen LogP contribution is 2.25. The fraction of sp³-hybridized carbons (Fsp3) is 1.00. The Labute approximate surface area is 154 Å². The van der Waals surface area contributed by atoms with Gasteiger partial charge in [-0.25, -0.2) is 0 Å². The molecule has 0 bridgehead atoms. The minimum Gasteiger partial charge on any atom is -0.0654 e. The zero-order valence-electron chi connectivity index (χ0n) is 17.1. The van der Waals surface area contributed by atoms with E-state index >= 15 is 0 Å².